The van der Waals surface area contributed by atoms with Crippen LogP contribution < -0.4 is 4.74 Å². The predicted octanol–water partition coefficient (Wildman–Crippen LogP) is 6.57. The van der Waals surface area contributed by atoms with E-state index in [4.69, 9.17) is 46.4 Å². The van der Waals surface area contributed by atoms with Crippen molar-refractivity contribution in [2.45, 2.75) is 6.61 Å². The topological polar surface area (TPSA) is 9.23 Å². The molecule has 0 aromatic heterocycles. The molecule has 0 unspecified atom stereocenters. The van der Waals surface area contributed by atoms with Crippen LogP contribution >= 0.6 is 46.4 Å². The summed E-state index contributed by atoms with van der Waals surface area (Å²) in [6.07, 6.45) is 0. The number of benzene rings is 2. The second-order valence-electron chi connectivity index (χ2n) is 3.75. The Morgan fingerprint density at radius 1 is 0.900 bits per heavy atom. The van der Waals surface area contributed by atoms with E-state index < -0.39 is 6.61 Å². The van der Waals surface area contributed by atoms with Crippen LogP contribution in [0.15, 0.2) is 30.3 Å². The van der Waals surface area contributed by atoms with Gasteiger partial charge in [-0.25, -0.2) is 0 Å². The van der Waals surface area contributed by atoms with Crippen molar-refractivity contribution in [3.63, 3.8) is 0 Å². The molecule has 0 aliphatic carbocycles. The van der Waals surface area contributed by atoms with Crippen molar-refractivity contribution < 1.29 is 13.5 Å². The molecule has 1 nitrogen and oxygen atoms in total. The molecule has 0 aliphatic rings. The van der Waals surface area contributed by atoms with E-state index in [1.54, 1.807) is 12.1 Å². The van der Waals surface area contributed by atoms with Gasteiger partial charge in [-0.2, -0.15) is 8.78 Å². The lowest BCUT2D eigenvalue weighted by molar-refractivity contribution is -0.0493. The molecular weight excluding hydrogens is 352 g/mol. The van der Waals surface area contributed by atoms with E-state index in [1.807, 2.05) is 0 Å². The van der Waals surface area contributed by atoms with E-state index in [0.717, 1.165) is 0 Å². The van der Waals surface area contributed by atoms with E-state index in [-0.39, 0.29) is 25.8 Å². The van der Waals surface area contributed by atoms with Gasteiger partial charge in [0.1, 0.15) is 0 Å². The predicted molar refractivity (Wildman–Crippen MR) is 78.6 cm³/mol. The highest BCUT2D eigenvalue weighted by atomic mass is 35.5. The molecule has 0 spiro atoms. The number of hydrogen-bond acceptors (Lipinski definition) is 1. The standard InChI is InChI=1S/C13H6Cl4F2O/c14-8-3-1-2-7(12(8)20-13(18)19)6-4-9(15)11(17)10(16)5-6/h1-5,13H. The minimum absolute atomic E-state index is 0.0602. The molecule has 0 heterocycles. The molecule has 2 aromatic carbocycles. The van der Waals surface area contributed by atoms with Gasteiger partial charge >= 0.3 is 6.61 Å². The summed E-state index contributed by atoms with van der Waals surface area (Å²) in [5, 5.41) is 0.662. The average Bonchev–Trinajstić information content (AvgIpc) is 2.37. The molecule has 7 heteroatoms. The summed E-state index contributed by atoms with van der Waals surface area (Å²) in [5.41, 5.74) is 0.820. The first kappa shape index (κ1) is 15.6. The summed E-state index contributed by atoms with van der Waals surface area (Å²) in [7, 11) is 0. The summed E-state index contributed by atoms with van der Waals surface area (Å²) in [4.78, 5) is 0. The summed E-state index contributed by atoms with van der Waals surface area (Å²) in [5.74, 6) is -0.140. The van der Waals surface area contributed by atoms with Gasteiger partial charge in [0, 0.05) is 5.56 Å². The molecule has 2 rings (SSSR count). The lowest BCUT2D eigenvalue weighted by Crippen LogP contribution is -2.03. The lowest BCUT2D eigenvalue weighted by atomic mass is 10.0. The van der Waals surface area contributed by atoms with Crippen LogP contribution in [0.25, 0.3) is 11.1 Å². The second kappa shape index (κ2) is 6.35. The molecule has 2 aromatic rings. The fourth-order valence-electron chi connectivity index (χ4n) is 1.66. The number of halogens is 6. The van der Waals surface area contributed by atoms with Crippen molar-refractivity contribution in [3.8, 4) is 16.9 Å². The van der Waals surface area contributed by atoms with Gasteiger partial charge in [0.05, 0.1) is 20.1 Å². The Morgan fingerprint density at radius 3 is 2.05 bits per heavy atom. The Bertz CT molecular complexity index is 623. The maximum atomic E-state index is 12.5. The van der Waals surface area contributed by atoms with Gasteiger partial charge in [-0.15, -0.1) is 0 Å². The fraction of sp³-hybridized carbons (Fsp3) is 0.0769. The van der Waals surface area contributed by atoms with Crippen molar-refractivity contribution >= 4 is 46.4 Å². The molecule has 0 bridgehead atoms. The molecule has 0 N–H and O–H groups in total. The molecule has 20 heavy (non-hydrogen) atoms. The zero-order valence-electron chi connectivity index (χ0n) is 9.64. The number of para-hydroxylation sites is 1. The van der Waals surface area contributed by atoms with Crippen LogP contribution in [0, 0.1) is 0 Å². The molecular formula is C13H6Cl4F2O. The van der Waals surface area contributed by atoms with Gasteiger partial charge in [0.15, 0.2) is 5.75 Å². The molecule has 0 saturated carbocycles. The summed E-state index contributed by atoms with van der Waals surface area (Å²) in [6.45, 7) is -2.99. The first-order valence-corrected chi connectivity index (χ1v) is 6.79. The quantitative estimate of drug-likeness (QED) is 0.564. The minimum Gasteiger partial charge on any atom is -0.433 e. The molecule has 0 amide bonds. The number of rotatable bonds is 3. The number of alkyl halides is 2. The maximum Gasteiger partial charge on any atom is 0.387 e. The van der Waals surface area contributed by atoms with Crippen molar-refractivity contribution in [1.29, 1.82) is 0 Å². The van der Waals surface area contributed by atoms with Crippen LogP contribution in [0.5, 0.6) is 5.75 Å². The van der Waals surface area contributed by atoms with Crippen molar-refractivity contribution in [2.24, 2.45) is 0 Å². The Kier molecular flexibility index (Phi) is 4.97. The monoisotopic (exact) mass is 356 g/mol. The summed E-state index contributed by atoms with van der Waals surface area (Å²) in [6, 6.07) is 7.62. The van der Waals surface area contributed by atoms with E-state index in [1.165, 1.54) is 18.2 Å². The van der Waals surface area contributed by atoms with Crippen LogP contribution in [0.2, 0.25) is 20.1 Å². The van der Waals surface area contributed by atoms with Gasteiger partial charge in [0.2, 0.25) is 0 Å². The molecule has 106 valence electrons. The third-order valence-corrected chi connectivity index (χ3v) is 3.96. The van der Waals surface area contributed by atoms with Gasteiger partial charge in [-0.05, 0) is 23.8 Å². The van der Waals surface area contributed by atoms with Crippen LogP contribution in [0.3, 0.4) is 0 Å². The number of ether oxygens (including phenoxy) is 1. The Labute approximate surface area is 134 Å². The molecule has 0 aliphatic heterocycles. The number of hydrogen-bond donors (Lipinski definition) is 0. The molecule has 0 radical (unpaired) electrons. The molecule has 0 saturated heterocycles. The SMILES string of the molecule is FC(F)Oc1c(Cl)cccc1-c1cc(Cl)c(Cl)c(Cl)c1. The maximum absolute atomic E-state index is 12.5. The highest BCUT2D eigenvalue weighted by Crippen LogP contribution is 2.41. The summed E-state index contributed by atoms with van der Waals surface area (Å²) < 4.78 is 29.4. The highest BCUT2D eigenvalue weighted by Gasteiger charge is 2.16. The van der Waals surface area contributed by atoms with Crippen LogP contribution in [0.4, 0.5) is 8.78 Å². The van der Waals surface area contributed by atoms with Gasteiger partial charge < -0.3 is 4.74 Å². The fourth-order valence-corrected chi connectivity index (χ4v) is 2.47. The largest absolute Gasteiger partial charge is 0.433 e. The highest BCUT2D eigenvalue weighted by molar-refractivity contribution is 6.48. The summed E-state index contributed by atoms with van der Waals surface area (Å²) >= 11 is 23.6. The van der Waals surface area contributed by atoms with Crippen molar-refractivity contribution in [1.82, 2.24) is 0 Å². The molecule has 0 fully saturated rings. The Morgan fingerprint density at radius 2 is 1.50 bits per heavy atom. The van der Waals surface area contributed by atoms with Crippen LogP contribution in [-0.4, -0.2) is 6.61 Å². The van der Waals surface area contributed by atoms with Crippen LogP contribution in [0.1, 0.15) is 0 Å². The van der Waals surface area contributed by atoms with Crippen molar-refractivity contribution in [2.75, 3.05) is 0 Å². The Hall–Kier alpha value is -0.740. The van der Waals surface area contributed by atoms with Gasteiger partial charge in [-0.1, -0.05) is 58.5 Å². The second-order valence-corrected chi connectivity index (χ2v) is 5.35. The zero-order valence-corrected chi connectivity index (χ0v) is 12.7. The normalized spacial score (nSPS) is 10.9. The third-order valence-electron chi connectivity index (χ3n) is 2.47. The van der Waals surface area contributed by atoms with Crippen LogP contribution in [-0.2, 0) is 0 Å². The third kappa shape index (κ3) is 3.29. The van der Waals surface area contributed by atoms with Crippen molar-refractivity contribution in [3.05, 3.63) is 50.4 Å². The Balaban J connectivity index is 2.61. The van der Waals surface area contributed by atoms with Gasteiger partial charge in [0.25, 0.3) is 0 Å². The molecule has 0 atom stereocenters. The average molecular weight is 358 g/mol. The van der Waals surface area contributed by atoms with E-state index >= 15 is 0 Å². The lowest BCUT2D eigenvalue weighted by Gasteiger charge is -2.13. The van der Waals surface area contributed by atoms with E-state index in [9.17, 15) is 8.78 Å². The first-order chi connectivity index (χ1) is 9.40. The van der Waals surface area contributed by atoms with Gasteiger partial charge in [-0.3, -0.25) is 0 Å². The minimum atomic E-state index is -2.99. The zero-order chi connectivity index (χ0) is 14.9. The van der Waals surface area contributed by atoms with E-state index in [0.29, 0.717) is 11.1 Å². The van der Waals surface area contributed by atoms with E-state index in [2.05, 4.69) is 4.74 Å². The smallest absolute Gasteiger partial charge is 0.387 e. The first-order valence-electron chi connectivity index (χ1n) is 5.28.